The number of nitrogens with zero attached hydrogens (tertiary/aromatic N) is 2. The lowest BCUT2D eigenvalue weighted by molar-refractivity contribution is -0.144. The monoisotopic (exact) mass is 503 g/mol. The first-order chi connectivity index (χ1) is 16.2. The Labute approximate surface area is 206 Å². The largest absolute Gasteiger partial charge is 0.341 e. The number of likely N-dealkylation sites (tertiary alicyclic amines) is 2. The van der Waals surface area contributed by atoms with Crippen LogP contribution in [0, 0.1) is 0 Å². The second kappa shape index (κ2) is 10.4. The van der Waals surface area contributed by atoms with Gasteiger partial charge in [0.2, 0.25) is 21.8 Å². The van der Waals surface area contributed by atoms with Gasteiger partial charge in [0, 0.05) is 37.5 Å². The van der Waals surface area contributed by atoms with Crippen LogP contribution in [0.15, 0.2) is 48.5 Å². The average molecular weight is 504 g/mol. The molecule has 7 nitrogen and oxygen atoms in total. The fraction of sp³-hybridized carbons (Fsp3) is 0.440. The van der Waals surface area contributed by atoms with Crippen LogP contribution in [0.1, 0.15) is 42.7 Å². The van der Waals surface area contributed by atoms with Gasteiger partial charge in [-0.2, -0.15) is 0 Å². The van der Waals surface area contributed by atoms with Crippen LogP contribution < -0.4 is 4.72 Å². The van der Waals surface area contributed by atoms with Gasteiger partial charge in [-0.25, -0.2) is 8.42 Å². The van der Waals surface area contributed by atoms with E-state index >= 15 is 0 Å². The first-order valence-electron chi connectivity index (χ1n) is 11.6. The lowest BCUT2D eigenvalue weighted by Crippen LogP contribution is -2.52. The van der Waals surface area contributed by atoms with E-state index in [1.165, 1.54) is 0 Å². The predicted octanol–water partition coefficient (Wildman–Crippen LogP) is 3.65. The van der Waals surface area contributed by atoms with Crippen LogP contribution in [0.3, 0.4) is 0 Å². The summed E-state index contributed by atoms with van der Waals surface area (Å²) >= 11 is 6.02. The average Bonchev–Trinajstić information content (AvgIpc) is 3.23. The van der Waals surface area contributed by atoms with Crippen molar-refractivity contribution < 1.29 is 18.0 Å². The van der Waals surface area contributed by atoms with Gasteiger partial charge in [-0.05, 0) is 54.5 Å². The quantitative estimate of drug-likeness (QED) is 0.624. The van der Waals surface area contributed by atoms with E-state index in [0.717, 1.165) is 36.6 Å². The van der Waals surface area contributed by atoms with Crippen LogP contribution >= 0.6 is 11.6 Å². The van der Waals surface area contributed by atoms with E-state index in [0.29, 0.717) is 43.2 Å². The summed E-state index contributed by atoms with van der Waals surface area (Å²) in [5, 5.41) is 0.636. The van der Waals surface area contributed by atoms with Gasteiger partial charge in [-0.15, -0.1) is 0 Å². The van der Waals surface area contributed by atoms with E-state index in [4.69, 9.17) is 11.6 Å². The topological polar surface area (TPSA) is 86.8 Å². The highest BCUT2D eigenvalue weighted by Gasteiger charge is 2.36. The first kappa shape index (κ1) is 24.5. The molecule has 1 atom stereocenters. The van der Waals surface area contributed by atoms with Crippen molar-refractivity contribution in [1.29, 1.82) is 0 Å². The fourth-order valence-corrected chi connectivity index (χ4v) is 5.65. The maximum atomic E-state index is 13.6. The predicted molar refractivity (Wildman–Crippen MR) is 133 cm³/mol. The molecule has 0 aliphatic carbocycles. The van der Waals surface area contributed by atoms with E-state index in [1.807, 2.05) is 35.2 Å². The van der Waals surface area contributed by atoms with E-state index in [2.05, 4.69) is 4.72 Å². The summed E-state index contributed by atoms with van der Waals surface area (Å²) in [6, 6.07) is 14.3. The molecule has 0 aromatic heterocycles. The molecule has 0 radical (unpaired) electrons. The number of para-hydroxylation sites is 1. The molecule has 2 aliphatic rings. The summed E-state index contributed by atoms with van der Waals surface area (Å²) in [7, 11) is -3.38. The zero-order valence-corrected chi connectivity index (χ0v) is 20.8. The standard InChI is InChI=1S/C25H30ClN3O4S/c1-34(32,33)27-22-6-3-2-5-21(22)19-12-15-28(16-13-19)25(31)23(29-14-4-7-24(29)30)17-18-8-10-20(26)11-9-18/h2-3,5-6,8-11,19,23,27H,4,7,12-17H2,1H3/t23-/m1/s1. The molecular formula is C25H30ClN3O4S. The zero-order chi connectivity index (χ0) is 24.3. The molecular weight excluding hydrogens is 474 g/mol. The molecule has 2 amide bonds. The highest BCUT2D eigenvalue weighted by Crippen LogP contribution is 2.34. The van der Waals surface area contributed by atoms with Gasteiger partial charge in [0.25, 0.3) is 0 Å². The summed E-state index contributed by atoms with van der Waals surface area (Å²) in [5.41, 5.74) is 2.52. The Bertz CT molecular complexity index is 1150. The molecule has 2 aromatic carbocycles. The Kier molecular flexibility index (Phi) is 7.48. The summed E-state index contributed by atoms with van der Waals surface area (Å²) in [6.45, 7) is 1.73. The van der Waals surface area contributed by atoms with Gasteiger partial charge in [0.05, 0.1) is 11.9 Å². The fourth-order valence-electron chi connectivity index (χ4n) is 4.94. The van der Waals surface area contributed by atoms with E-state index in [1.54, 1.807) is 23.1 Å². The lowest BCUT2D eigenvalue weighted by atomic mass is 9.88. The number of anilines is 1. The number of benzene rings is 2. The minimum Gasteiger partial charge on any atom is -0.341 e. The number of hydrogen-bond donors (Lipinski definition) is 1. The molecule has 1 N–H and O–H groups in total. The Morgan fingerprint density at radius 3 is 2.38 bits per heavy atom. The van der Waals surface area contributed by atoms with E-state index < -0.39 is 16.1 Å². The van der Waals surface area contributed by atoms with Gasteiger partial charge in [0.1, 0.15) is 6.04 Å². The smallest absolute Gasteiger partial charge is 0.245 e. The maximum absolute atomic E-state index is 13.6. The molecule has 2 fully saturated rings. The molecule has 0 saturated carbocycles. The second-order valence-electron chi connectivity index (χ2n) is 9.10. The number of halogens is 1. The second-order valence-corrected chi connectivity index (χ2v) is 11.3. The van der Waals surface area contributed by atoms with Gasteiger partial charge >= 0.3 is 0 Å². The molecule has 2 saturated heterocycles. The van der Waals surface area contributed by atoms with Crippen LogP contribution in [0.25, 0.3) is 0 Å². The number of hydrogen-bond acceptors (Lipinski definition) is 4. The third kappa shape index (κ3) is 5.91. The molecule has 0 spiro atoms. The zero-order valence-electron chi connectivity index (χ0n) is 19.2. The number of carbonyl (C=O) groups is 2. The highest BCUT2D eigenvalue weighted by atomic mass is 35.5. The Morgan fingerprint density at radius 1 is 1.09 bits per heavy atom. The van der Waals surface area contributed by atoms with Crippen LogP contribution in [0.5, 0.6) is 0 Å². The third-order valence-corrected chi connectivity index (χ3v) is 7.46. The first-order valence-corrected chi connectivity index (χ1v) is 13.9. The van der Waals surface area contributed by atoms with Crippen LogP contribution in [0.2, 0.25) is 5.02 Å². The molecule has 182 valence electrons. The molecule has 2 aromatic rings. The number of amides is 2. The van der Waals surface area contributed by atoms with Gasteiger partial charge in [-0.1, -0.05) is 41.9 Å². The van der Waals surface area contributed by atoms with Crippen LogP contribution in [-0.4, -0.2) is 62.0 Å². The van der Waals surface area contributed by atoms with Crippen LogP contribution in [-0.2, 0) is 26.0 Å². The summed E-state index contributed by atoms with van der Waals surface area (Å²) in [6.07, 6.45) is 4.33. The van der Waals surface area contributed by atoms with Gasteiger partial charge in [-0.3, -0.25) is 14.3 Å². The van der Waals surface area contributed by atoms with Crippen LogP contribution in [0.4, 0.5) is 5.69 Å². The van der Waals surface area contributed by atoms with E-state index in [-0.39, 0.29) is 17.7 Å². The number of nitrogens with one attached hydrogen (secondary N) is 1. The molecule has 9 heteroatoms. The van der Waals surface area contributed by atoms with Crippen molar-refractivity contribution in [2.45, 2.75) is 44.1 Å². The van der Waals surface area contributed by atoms with Crippen molar-refractivity contribution in [2.75, 3.05) is 30.6 Å². The molecule has 0 bridgehead atoms. The Balaban J connectivity index is 1.47. The van der Waals surface area contributed by atoms with Crippen molar-refractivity contribution in [1.82, 2.24) is 9.80 Å². The Hall–Kier alpha value is -2.58. The summed E-state index contributed by atoms with van der Waals surface area (Å²) in [4.78, 5) is 29.7. The maximum Gasteiger partial charge on any atom is 0.245 e. The number of rotatable bonds is 7. The SMILES string of the molecule is CS(=O)(=O)Nc1ccccc1C1CCN(C(=O)[C@@H](Cc2ccc(Cl)cc2)N2CCCC2=O)CC1. The highest BCUT2D eigenvalue weighted by molar-refractivity contribution is 7.92. The summed E-state index contributed by atoms with van der Waals surface area (Å²) < 4.78 is 26.1. The third-order valence-electron chi connectivity index (χ3n) is 6.62. The lowest BCUT2D eigenvalue weighted by Gasteiger charge is -2.37. The van der Waals surface area contributed by atoms with E-state index in [9.17, 15) is 18.0 Å². The van der Waals surface area contributed by atoms with Crippen molar-refractivity contribution in [3.63, 3.8) is 0 Å². The molecule has 4 rings (SSSR count). The normalized spacial score (nSPS) is 18.2. The number of sulfonamides is 1. The van der Waals surface area contributed by atoms with Crippen molar-refractivity contribution >= 4 is 39.1 Å². The Morgan fingerprint density at radius 2 is 1.76 bits per heavy atom. The van der Waals surface area contributed by atoms with Gasteiger partial charge < -0.3 is 9.80 Å². The number of carbonyl (C=O) groups excluding carboxylic acids is 2. The molecule has 2 heterocycles. The van der Waals surface area contributed by atoms with Crippen molar-refractivity contribution in [3.05, 3.63) is 64.7 Å². The minimum absolute atomic E-state index is 0.0220. The molecule has 34 heavy (non-hydrogen) atoms. The molecule has 2 aliphatic heterocycles. The van der Waals surface area contributed by atoms with Crippen molar-refractivity contribution in [2.24, 2.45) is 0 Å². The minimum atomic E-state index is -3.38. The van der Waals surface area contributed by atoms with Gasteiger partial charge in [0.15, 0.2) is 0 Å². The summed E-state index contributed by atoms with van der Waals surface area (Å²) in [5.74, 6) is 0.159. The van der Waals surface area contributed by atoms with Crippen molar-refractivity contribution in [3.8, 4) is 0 Å². The number of piperidine rings is 1. The molecule has 0 unspecified atom stereocenters.